The Hall–Kier alpha value is -1.88. The van der Waals surface area contributed by atoms with Gasteiger partial charge in [0.2, 0.25) is 0 Å². The highest BCUT2D eigenvalue weighted by molar-refractivity contribution is 6.04. The summed E-state index contributed by atoms with van der Waals surface area (Å²) < 4.78 is 10.1. The first-order chi connectivity index (χ1) is 12.6. The van der Waals surface area contributed by atoms with Gasteiger partial charge in [-0.3, -0.25) is 0 Å². The van der Waals surface area contributed by atoms with Gasteiger partial charge in [0, 0.05) is 0 Å². The fourth-order valence-electron chi connectivity index (χ4n) is 3.20. The summed E-state index contributed by atoms with van der Waals surface area (Å²) in [5.41, 5.74) is 0.244. The average Bonchev–Trinajstić information content (AvgIpc) is 2.72. The van der Waals surface area contributed by atoms with Gasteiger partial charge in [0.1, 0.15) is 0 Å². The van der Waals surface area contributed by atoms with E-state index in [2.05, 4.69) is 6.92 Å². The van der Waals surface area contributed by atoms with E-state index < -0.39 is 17.9 Å². The first-order valence-corrected chi connectivity index (χ1v) is 9.84. The quantitative estimate of drug-likeness (QED) is 0.444. The molecule has 144 valence electrons. The zero-order valence-electron chi connectivity index (χ0n) is 15.7. The summed E-state index contributed by atoms with van der Waals surface area (Å²) in [5, 5.41) is 10.4. The fraction of sp³-hybridized carbons (Fsp3) is 0.619. The maximum absolute atomic E-state index is 12.1. The van der Waals surface area contributed by atoms with Gasteiger partial charge in [-0.05, 0) is 18.6 Å². The first-order valence-electron chi connectivity index (χ1n) is 9.84. The van der Waals surface area contributed by atoms with Crippen molar-refractivity contribution in [3.8, 4) is 0 Å². The molecule has 1 heterocycles. The van der Waals surface area contributed by atoms with Crippen molar-refractivity contribution < 1.29 is 24.2 Å². The Morgan fingerprint density at radius 1 is 0.769 bits per heavy atom. The predicted molar refractivity (Wildman–Crippen MR) is 98.7 cm³/mol. The molecule has 1 aromatic rings. The second-order valence-electron chi connectivity index (χ2n) is 6.97. The van der Waals surface area contributed by atoms with Crippen molar-refractivity contribution in [2.24, 2.45) is 0 Å². The predicted octanol–water partition coefficient (Wildman–Crippen LogP) is 4.97. The number of fused-ring (bicyclic) bond motifs is 1. The van der Waals surface area contributed by atoms with E-state index in [0.29, 0.717) is 6.42 Å². The molecule has 1 N–H and O–H groups in total. The number of carbonyl (C=O) groups is 2. The van der Waals surface area contributed by atoms with Crippen LogP contribution in [0.5, 0.6) is 0 Å². The SMILES string of the molecule is CCCCCCCCCCCCC1(O)OC(=O)c2ccccc2C(=O)O1. The summed E-state index contributed by atoms with van der Waals surface area (Å²) >= 11 is 0. The van der Waals surface area contributed by atoms with E-state index >= 15 is 0 Å². The number of cyclic esters (lactones) is 2. The van der Waals surface area contributed by atoms with Crippen molar-refractivity contribution in [1.82, 2.24) is 0 Å². The van der Waals surface area contributed by atoms with Gasteiger partial charge in [0.05, 0.1) is 17.5 Å². The van der Waals surface area contributed by atoms with Crippen molar-refractivity contribution in [3.63, 3.8) is 0 Å². The zero-order valence-corrected chi connectivity index (χ0v) is 15.7. The van der Waals surface area contributed by atoms with Crippen LogP contribution in [-0.4, -0.2) is 23.0 Å². The molecule has 26 heavy (non-hydrogen) atoms. The maximum atomic E-state index is 12.1. The van der Waals surface area contributed by atoms with Crippen LogP contribution in [0.3, 0.4) is 0 Å². The van der Waals surface area contributed by atoms with Gasteiger partial charge >= 0.3 is 17.9 Å². The molecule has 0 spiro atoms. The zero-order chi connectivity index (χ0) is 18.8. The summed E-state index contributed by atoms with van der Waals surface area (Å²) in [6.07, 6.45) is 11.6. The van der Waals surface area contributed by atoms with E-state index in [4.69, 9.17) is 9.47 Å². The molecule has 0 aromatic heterocycles. The van der Waals surface area contributed by atoms with Gasteiger partial charge in [-0.2, -0.15) is 0 Å². The van der Waals surface area contributed by atoms with Crippen LogP contribution in [0.15, 0.2) is 24.3 Å². The van der Waals surface area contributed by atoms with Crippen LogP contribution in [0.1, 0.15) is 98.3 Å². The first kappa shape index (κ1) is 20.4. The van der Waals surface area contributed by atoms with E-state index in [0.717, 1.165) is 19.3 Å². The molecule has 0 atom stereocenters. The number of hydrogen-bond acceptors (Lipinski definition) is 5. The lowest BCUT2D eigenvalue weighted by Crippen LogP contribution is -2.37. The molecule has 1 aliphatic rings. The maximum Gasteiger partial charge on any atom is 0.373 e. The van der Waals surface area contributed by atoms with Crippen LogP contribution in [-0.2, 0) is 9.47 Å². The number of aliphatic hydroxyl groups is 1. The Morgan fingerprint density at radius 3 is 1.65 bits per heavy atom. The minimum absolute atomic E-state index is 0.0922. The molecule has 1 aromatic carbocycles. The average molecular weight is 362 g/mol. The molecular formula is C21H30O5. The summed E-state index contributed by atoms with van der Waals surface area (Å²) in [4.78, 5) is 24.3. The van der Waals surface area contributed by atoms with E-state index in [1.807, 2.05) is 0 Å². The van der Waals surface area contributed by atoms with Gasteiger partial charge in [-0.1, -0.05) is 76.8 Å². The molecule has 0 saturated heterocycles. The highest BCUT2D eigenvalue weighted by Gasteiger charge is 2.41. The number of esters is 2. The molecule has 0 saturated carbocycles. The van der Waals surface area contributed by atoms with Crippen LogP contribution in [0.25, 0.3) is 0 Å². The normalized spacial score (nSPS) is 15.8. The molecule has 1 aliphatic heterocycles. The molecule has 0 radical (unpaired) electrons. The molecule has 5 heteroatoms. The second-order valence-corrected chi connectivity index (χ2v) is 6.97. The Labute approximate surface area is 155 Å². The fourth-order valence-corrected chi connectivity index (χ4v) is 3.20. The number of benzene rings is 1. The highest BCUT2D eigenvalue weighted by atomic mass is 16.8. The number of carbonyl (C=O) groups excluding carboxylic acids is 2. The van der Waals surface area contributed by atoms with E-state index in [1.165, 1.54) is 50.7 Å². The Bertz CT molecular complexity index is 559. The van der Waals surface area contributed by atoms with Crippen molar-refractivity contribution in [2.45, 2.75) is 83.5 Å². The van der Waals surface area contributed by atoms with Crippen LogP contribution in [0.2, 0.25) is 0 Å². The van der Waals surface area contributed by atoms with E-state index in [9.17, 15) is 14.7 Å². The molecule has 0 unspecified atom stereocenters. The van der Waals surface area contributed by atoms with Gasteiger partial charge in [-0.25, -0.2) is 9.59 Å². The summed E-state index contributed by atoms with van der Waals surface area (Å²) in [6, 6.07) is 6.26. The summed E-state index contributed by atoms with van der Waals surface area (Å²) in [5.74, 6) is -3.64. The molecule has 2 rings (SSSR count). The van der Waals surface area contributed by atoms with E-state index in [-0.39, 0.29) is 17.5 Å². The van der Waals surface area contributed by atoms with Crippen LogP contribution in [0.4, 0.5) is 0 Å². The summed E-state index contributed by atoms with van der Waals surface area (Å²) in [6.45, 7) is 2.22. The molecule has 0 aliphatic carbocycles. The third-order valence-electron chi connectivity index (χ3n) is 4.72. The number of unbranched alkanes of at least 4 members (excludes halogenated alkanes) is 9. The van der Waals surface area contributed by atoms with Gasteiger partial charge in [-0.15, -0.1) is 0 Å². The lowest BCUT2D eigenvalue weighted by molar-refractivity contribution is -0.306. The minimum atomic E-state index is -2.17. The largest absolute Gasteiger partial charge is 0.394 e. The lowest BCUT2D eigenvalue weighted by Gasteiger charge is -2.24. The van der Waals surface area contributed by atoms with Crippen LogP contribution < -0.4 is 0 Å². The monoisotopic (exact) mass is 362 g/mol. The third kappa shape index (κ3) is 6.13. The molecule has 0 amide bonds. The van der Waals surface area contributed by atoms with Crippen molar-refractivity contribution in [2.75, 3.05) is 0 Å². The number of ether oxygens (including phenoxy) is 2. The summed E-state index contributed by atoms with van der Waals surface area (Å²) in [7, 11) is 0. The molecular weight excluding hydrogens is 332 g/mol. The Morgan fingerprint density at radius 2 is 1.19 bits per heavy atom. The van der Waals surface area contributed by atoms with Gasteiger partial charge < -0.3 is 14.6 Å². The van der Waals surface area contributed by atoms with Gasteiger partial charge in [0.25, 0.3) is 0 Å². The van der Waals surface area contributed by atoms with Crippen LogP contribution >= 0.6 is 0 Å². The molecule has 0 fully saturated rings. The minimum Gasteiger partial charge on any atom is -0.394 e. The van der Waals surface area contributed by atoms with E-state index in [1.54, 1.807) is 12.1 Å². The Kier molecular flexibility index (Phi) is 8.10. The lowest BCUT2D eigenvalue weighted by atomic mass is 10.1. The molecule has 0 bridgehead atoms. The van der Waals surface area contributed by atoms with Crippen LogP contribution in [0, 0.1) is 0 Å². The van der Waals surface area contributed by atoms with Crippen molar-refractivity contribution >= 4 is 11.9 Å². The molecule has 5 nitrogen and oxygen atoms in total. The second kappa shape index (κ2) is 10.3. The third-order valence-corrected chi connectivity index (χ3v) is 4.72. The topological polar surface area (TPSA) is 72.8 Å². The smallest absolute Gasteiger partial charge is 0.373 e. The van der Waals surface area contributed by atoms with Crippen molar-refractivity contribution in [1.29, 1.82) is 0 Å². The van der Waals surface area contributed by atoms with Gasteiger partial charge in [0.15, 0.2) is 0 Å². The Balaban J connectivity index is 1.70. The number of hydrogen-bond donors (Lipinski definition) is 1. The standard InChI is InChI=1S/C21H30O5/c1-2-3-4-5-6-7-8-9-10-13-16-21(24)25-19(22)17-14-11-12-15-18(17)20(23)26-21/h11-12,14-15,24H,2-10,13,16H2,1H3. The highest BCUT2D eigenvalue weighted by Crippen LogP contribution is 2.27. The van der Waals surface area contributed by atoms with Crippen molar-refractivity contribution in [3.05, 3.63) is 35.4 Å². The number of rotatable bonds is 11.